The zero-order chi connectivity index (χ0) is 12.7. The molecule has 1 aromatic rings. The van der Waals surface area contributed by atoms with Gasteiger partial charge in [-0.1, -0.05) is 0 Å². The lowest BCUT2D eigenvalue weighted by Gasteiger charge is -2.23. The summed E-state index contributed by atoms with van der Waals surface area (Å²) in [5.41, 5.74) is 0.848. The van der Waals surface area contributed by atoms with Gasteiger partial charge in [-0.3, -0.25) is 4.79 Å². The van der Waals surface area contributed by atoms with Gasteiger partial charge in [-0.15, -0.1) is 23.2 Å². The smallest absolute Gasteiger partial charge is 0.211 e. The molecular weight excluding hydrogens is 266 g/mol. The van der Waals surface area contributed by atoms with Crippen LogP contribution in [-0.4, -0.2) is 31.3 Å². The molecule has 0 bridgehead atoms. The standard InChI is InChI=1S/C11H13Cl2FN2O/c12-3-5-16(6-4-13)9-1-2-11(15-8-17)10(14)7-9/h1-2,7-8H,3-6H2,(H,15,17). The molecule has 0 saturated heterocycles. The molecule has 0 atom stereocenters. The lowest BCUT2D eigenvalue weighted by atomic mass is 10.2. The van der Waals surface area contributed by atoms with Crippen molar-refractivity contribution in [2.45, 2.75) is 0 Å². The Hall–Kier alpha value is -1.00. The number of benzene rings is 1. The Balaban J connectivity index is 2.88. The van der Waals surface area contributed by atoms with Crippen LogP contribution in [0.3, 0.4) is 0 Å². The third-order valence-corrected chi connectivity index (χ3v) is 2.58. The molecule has 0 unspecified atom stereocenters. The largest absolute Gasteiger partial charge is 0.369 e. The summed E-state index contributed by atoms with van der Waals surface area (Å²) in [5.74, 6) is 0.392. The molecule has 3 nitrogen and oxygen atoms in total. The van der Waals surface area contributed by atoms with Gasteiger partial charge in [-0.2, -0.15) is 0 Å². The van der Waals surface area contributed by atoms with Gasteiger partial charge < -0.3 is 10.2 Å². The van der Waals surface area contributed by atoms with E-state index in [4.69, 9.17) is 23.2 Å². The fourth-order valence-corrected chi connectivity index (χ4v) is 1.86. The molecule has 6 heteroatoms. The Morgan fingerprint density at radius 3 is 2.41 bits per heavy atom. The van der Waals surface area contributed by atoms with Crippen molar-refractivity contribution in [1.29, 1.82) is 0 Å². The van der Waals surface area contributed by atoms with Gasteiger partial charge >= 0.3 is 0 Å². The number of anilines is 2. The molecule has 0 fully saturated rings. The number of halogens is 3. The molecule has 1 rings (SSSR count). The third kappa shape index (κ3) is 4.06. The first-order chi connectivity index (χ1) is 8.22. The maximum Gasteiger partial charge on any atom is 0.211 e. The number of carbonyl (C=O) groups is 1. The zero-order valence-corrected chi connectivity index (χ0v) is 10.6. The van der Waals surface area contributed by atoms with Crippen molar-refractivity contribution < 1.29 is 9.18 Å². The molecular formula is C11H13Cl2FN2O. The van der Waals surface area contributed by atoms with Gasteiger partial charge in [0.05, 0.1) is 5.69 Å². The molecule has 0 saturated carbocycles. The summed E-state index contributed by atoms with van der Waals surface area (Å²) in [6.45, 7) is 1.18. The first-order valence-corrected chi connectivity index (χ1v) is 6.16. The van der Waals surface area contributed by atoms with Crippen molar-refractivity contribution in [3.63, 3.8) is 0 Å². The Morgan fingerprint density at radius 2 is 1.94 bits per heavy atom. The van der Waals surface area contributed by atoms with Crippen molar-refractivity contribution in [2.24, 2.45) is 0 Å². The van der Waals surface area contributed by atoms with Crippen LogP contribution in [0.5, 0.6) is 0 Å². The van der Waals surface area contributed by atoms with Gasteiger partial charge in [0.2, 0.25) is 6.41 Å². The van der Waals surface area contributed by atoms with Crippen molar-refractivity contribution in [3.8, 4) is 0 Å². The minimum absolute atomic E-state index is 0.153. The number of hydrogen-bond acceptors (Lipinski definition) is 2. The van der Waals surface area contributed by atoms with E-state index in [2.05, 4.69) is 5.32 Å². The van der Waals surface area contributed by atoms with E-state index in [1.807, 2.05) is 4.90 Å². The number of nitrogens with one attached hydrogen (secondary N) is 1. The van der Waals surface area contributed by atoms with Gasteiger partial charge in [-0.05, 0) is 18.2 Å². The monoisotopic (exact) mass is 278 g/mol. The molecule has 0 spiro atoms. The summed E-state index contributed by atoms with van der Waals surface area (Å²) in [5, 5.41) is 2.28. The second-order valence-corrected chi connectivity index (χ2v) is 4.05. The normalized spacial score (nSPS) is 10.1. The van der Waals surface area contributed by atoms with Crippen molar-refractivity contribution in [3.05, 3.63) is 24.0 Å². The maximum absolute atomic E-state index is 13.6. The first-order valence-electron chi connectivity index (χ1n) is 5.09. The molecule has 0 aliphatic carbocycles. The number of amides is 1. The van der Waals surface area contributed by atoms with Crippen LogP contribution in [0.4, 0.5) is 15.8 Å². The Morgan fingerprint density at radius 1 is 1.29 bits per heavy atom. The fourth-order valence-electron chi connectivity index (χ4n) is 1.46. The minimum atomic E-state index is -0.483. The van der Waals surface area contributed by atoms with Crippen LogP contribution in [-0.2, 0) is 4.79 Å². The molecule has 0 radical (unpaired) electrons. The number of alkyl halides is 2. The molecule has 0 aliphatic rings. The van der Waals surface area contributed by atoms with Crippen LogP contribution in [0.25, 0.3) is 0 Å². The highest BCUT2D eigenvalue weighted by Crippen LogP contribution is 2.21. The average Bonchev–Trinajstić information content (AvgIpc) is 2.32. The van der Waals surface area contributed by atoms with Gasteiger partial charge in [-0.25, -0.2) is 4.39 Å². The highest BCUT2D eigenvalue weighted by atomic mass is 35.5. The van der Waals surface area contributed by atoms with E-state index in [1.54, 1.807) is 6.07 Å². The first kappa shape index (κ1) is 14.1. The van der Waals surface area contributed by atoms with Crippen molar-refractivity contribution >= 4 is 41.0 Å². The van der Waals surface area contributed by atoms with Crippen LogP contribution >= 0.6 is 23.2 Å². The summed E-state index contributed by atoms with van der Waals surface area (Å²) in [6.07, 6.45) is 0.438. The van der Waals surface area contributed by atoms with Crippen molar-refractivity contribution in [2.75, 3.05) is 35.1 Å². The van der Waals surface area contributed by atoms with E-state index in [9.17, 15) is 9.18 Å². The average molecular weight is 279 g/mol. The van der Waals surface area contributed by atoms with Crippen LogP contribution in [0.2, 0.25) is 0 Å². The molecule has 17 heavy (non-hydrogen) atoms. The van der Waals surface area contributed by atoms with E-state index < -0.39 is 5.82 Å². The highest BCUT2D eigenvalue weighted by molar-refractivity contribution is 6.18. The van der Waals surface area contributed by atoms with Crippen LogP contribution < -0.4 is 10.2 Å². The number of carbonyl (C=O) groups excluding carboxylic acids is 1. The third-order valence-electron chi connectivity index (χ3n) is 2.24. The SMILES string of the molecule is O=CNc1ccc(N(CCCl)CCCl)cc1F. The van der Waals surface area contributed by atoms with Gasteiger partial charge in [0.1, 0.15) is 5.82 Å². The Labute approximate surface area is 109 Å². The number of hydrogen-bond donors (Lipinski definition) is 1. The summed E-state index contributed by atoms with van der Waals surface area (Å²) >= 11 is 11.3. The van der Waals surface area contributed by atoms with E-state index in [1.165, 1.54) is 12.1 Å². The van der Waals surface area contributed by atoms with Crippen molar-refractivity contribution in [1.82, 2.24) is 0 Å². The molecule has 1 amide bonds. The summed E-state index contributed by atoms with van der Waals surface area (Å²) in [7, 11) is 0. The second-order valence-electron chi connectivity index (χ2n) is 3.29. The van der Waals surface area contributed by atoms with Gasteiger partial charge in [0.25, 0.3) is 0 Å². The summed E-state index contributed by atoms with van der Waals surface area (Å²) in [6, 6.07) is 4.58. The molecule has 0 heterocycles. The number of nitrogens with zero attached hydrogens (tertiary/aromatic N) is 1. The molecule has 0 aromatic heterocycles. The molecule has 1 aromatic carbocycles. The summed E-state index contributed by atoms with van der Waals surface area (Å²) < 4.78 is 13.6. The fraction of sp³-hybridized carbons (Fsp3) is 0.364. The molecule has 94 valence electrons. The van der Waals surface area contributed by atoms with E-state index >= 15 is 0 Å². The number of rotatable bonds is 7. The summed E-state index contributed by atoms with van der Waals surface area (Å²) in [4.78, 5) is 12.1. The quantitative estimate of drug-likeness (QED) is 0.614. The van der Waals surface area contributed by atoms with Gasteiger partial charge in [0, 0.05) is 30.5 Å². The Kier molecular flexibility index (Phi) is 6.08. The second kappa shape index (κ2) is 7.35. The zero-order valence-electron chi connectivity index (χ0n) is 9.13. The van der Waals surface area contributed by atoms with E-state index in [0.717, 1.165) is 0 Å². The molecule has 1 N–H and O–H groups in total. The van der Waals surface area contributed by atoms with Crippen LogP contribution in [0, 0.1) is 5.82 Å². The molecule has 0 aliphatic heterocycles. The Bertz CT molecular complexity index is 370. The minimum Gasteiger partial charge on any atom is -0.369 e. The van der Waals surface area contributed by atoms with Gasteiger partial charge in [0.15, 0.2) is 0 Å². The van der Waals surface area contributed by atoms with E-state index in [-0.39, 0.29) is 5.69 Å². The predicted octanol–water partition coefficient (Wildman–Crippen LogP) is 2.68. The maximum atomic E-state index is 13.6. The van der Waals surface area contributed by atoms with Crippen LogP contribution in [0.15, 0.2) is 18.2 Å². The topological polar surface area (TPSA) is 32.3 Å². The van der Waals surface area contributed by atoms with E-state index in [0.29, 0.717) is 36.9 Å². The lowest BCUT2D eigenvalue weighted by molar-refractivity contribution is -0.105. The highest BCUT2D eigenvalue weighted by Gasteiger charge is 2.08. The predicted molar refractivity (Wildman–Crippen MR) is 69.7 cm³/mol. The van der Waals surface area contributed by atoms with Crippen LogP contribution in [0.1, 0.15) is 0 Å². The lowest BCUT2D eigenvalue weighted by Crippen LogP contribution is -2.27.